The summed E-state index contributed by atoms with van der Waals surface area (Å²) in [5.74, 6) is -0.530. The van der Waals surface area contributed by atoms with Crippen molar-refractivity contribution in [3.05, 3.63) is 46.8 Å². The number of benzene rings is 1. The maximum atomic E-state index is 13.8. The fourth-order valence-electron chi connectivity index (χ4n) is 2.38. The number of aryl methyl sites for hydroxylation is 1. The number of carbonyl (C=O) groups excluding carboxylic acids is 1. The molecular formula is C16H19FO. The number of rotatable bonds is 2. The van der Waals surface area contributed by atoms with Gasteiger partial charge in [-0.15, -0.1) is 0 Å². The molecule has 0 saturated heterocycles. The first-order valence-electron chi connectivity index (χ1n) is 6.68. The summed E-state index contributed by atoms with van der Waals surface area (Å²) in [5, 5.41) is 0. The van der Waals surface area contributed by atoms with Crippen LogP contribution in [0.15, 0.2) is 29.8 Å². The SMILES string of the molecule is Cc1ccc(C(=O)/C2=C/CCCCCC2)c(F)c1. The first-order chi connectivity index (χ1) is 8.68. The quantitative estimate of drug-likeness (QED) is 0.697. The predicted molar refractivity (Wildman–Crippen MR) is 71.3 cm³/mol. The van der Waals surface area contributed by atoms with Crippen LogP contribution in [0.25, 0.3) is 0 Å². The van der Waals surface area contributed by atoms with E-state index >= 15 is 0 Å². The summed E-state index contributed by atoms with van der Waals surface area (Å²) in [6.45, 7) is 1.83. The summed E-state index contributed by atoms with van der Waals surface area (Å²) in [6, 6.07) is 4.82. The summed E-state index contributed by atoms with van der Waals surface area (Å²) in [7, 11) is 0. The first-order valence-corrected chi connectivity index (χ1v) is 6.68. The third-order valence-electron chi connectivity index (χ3n) is 3.45. The van der Waals surface area contributed by atoms with E-state index in [0.29, 0.717) is 0 Å². The fraction of sp³-hybridized carbons (Fsp3) is 0.438. The van der Waals surface area contributed by atoms with Gasteiger partial charge in [0.1, 0.15) is 5.82 Å². The average Bonchev–Trinajstić information content (AvgIpc) is 2.27. The molecule has 2 heteroatoms. The lowest BCUT2D eigenvalue weighted by molar-refractivity contribution is 0.102. The van der Waals surface area contributed by atoms with Crippen molar-refractivity contribution in [1.29, 1.82) is 0 Å². The van der Waals surface area contributed by atoms with Gasteiger partial charge in [0.25, 0.3) is 0 Å². The van der Waals surface area contributed by atoms with Crippen LogP contribution in [-0.2, 0) is 0 Å². The van der Waals surface area contributed by atoms with Gasteiger partial charge in [0, 0.05) is 0 Å². The van der Waals surface area contributed by atoms with Crippen LogP contribution in [-0.4, -0.2) is 5.78 Å². The molecular weight excluding hydrogens is 227 g/mol. The van der Waals surface area contributed by atoms with Crippen LogP contribution in [0.3, 0.4) is 0 Å². The zero-order chi connectivity index (χ0) is 13.0. The molecule has 1 aliphatic rings. The van der Waals surface area contributed by atoms with E-state index in [9.17, 15) is 9.18 Å². The smallest absolute Gasteiger partial charge is 0.191 e. The fourth-order valence-corrected chi connectivity index (χ4v) is 2.38. The Morgan fingerprint density at radius 2 is 1.94 bits per heavy atom. The lowest BCUT2D eigenvalue weighted by atomic mass is 9.93. The molecule has 18 heavy (non-hydrogen) atoms. The van der Waals surface area contributed by atoms with Crippen LogP contribution in [0.1, 0.15) is 54.4 Å². The van der Waals surface area contributed by atoms with Gasteiger partial charge in [-0.1, -0.05) is 25.0 Å². The average molecular weight is 246 g/mol. The number of Topliss-reactive ketones (excluding diaryl/α,β-unsaturated/α-hetero) is 1. The number of hydrogen-bond acceptors (Lipinski definition) is 1. The van der Waals surface area contributed by atoms with Crippen molar-refractivity contribution in [2.45, 2.75) is 45.4 Å². The highest BCUT2D eigenvalue weighted by atomic mass is 19.1. The second kappa shape index (κ2) is 5.94. The van der Waals surface area contributed by atoms with E-state index < -0.39 is 5.82 Å². The topological polar surface area (TPSA) is 17.1 Å². The third kappa shape index (κ3) is 3.06. The highest BCUT2D eigenvalue weighted by Gasteiger charge is 2.16. The van der Waals surface area contributed by atoms with Gasteiger partial charge in [0.05, 0.1) is 5.56 Å². The van der Waals surface area contributed by atoms with E-state index in [4.69, 9.17) is 0 Å². The van der Waals surface area contributed by atoms with Crippen LogP contribution >= 0.6 is 0 Å². The van der Waals surface area contributed by atoms with Crippen LogP contribution in [0.2, 0.25) is 0 Å². The van der Waals surface area contributed by atoms with Gasteiger partial charge in [0.2, 0.25) is 0 Å². The summed E-state index contributed by atoms with van der Waals surface area (Å²) < 4.78 is 13.8. The molecule has 2 rings (SSSR count). The molecule has 0 heterocycles. The Bertz CT molecular complexity index is 474. The minimum absolute atomic E-state index is 0.130. The van der Waals surface area contributed by atoms with Crippen LogP contribution in [0.5, 0.6) is 0 Å². The van der Waals surface area contributed by atoms with E-state index in [1.165, 1.54) is 18.9 Å². The zero-order valence-electron chi connectivity index (χ0n) is 10.8. The molecule has 0 aliphatic heterocycles. The van der Waals surface area contributed by atoms with Gasteiger partial charge in [-0.2, -0.15) is 0 Å². The second-order valence-electron chi connectivity index (χ2n) is 4.99. The number of halogens is 1. The Morgan fingerprint density at radius 3 is 2.72 bits per heavy atom. The van der Waals surface area contributed by atoms with E-state index in [0.717, 1.165) is 36.8 Å². The van der Waals surface area contributed by atoms with Gasteiger partial charge in [-0.3, -0.25) is 4.79 Å². The molecule has 0 saturated carbocycles. The highest BCUT2D eigenvalue weighted by Crippen LogP contribution is 2.22. The largest absolute Gasteiger partial charge is 0.289 e. The lowest BCUT2D eigenvalue weighted by Gasteiger charge is -2.11. The predicted octanol–water partition coefficient (Wildman–Crippen LogP) is 4.60. The Hall–Kier alpha value is -1.44. The summed E-state index contributed by atoms with van der Waals surface area (Å²) in [6.07, 6.45) is 8.29. The number of hydrogen-bond donors (Lipinski definition) is 0. The van der Waals surface area contributed by atoms with E-state index in [2.05, 4.69) is 0 Å². The second-order valence-corrected chi connectivity index (χ2v) is 4.99. The number of allylic oxidation sites excluding steroid dienone is 2. The Balaban J connectivity index is 2.23. The zero-order valence-corrected chi connectivity index (χ0v) is 10.8. The Labute approximate surface area is 108 Å². The molecule has 0 N–H and O–H groups in total. The summed E-state index contributed by atoms with van der Waals surface area (Å²) in [4.78, 5) is 12.3. The van der Waals surface area contributed by atoms with Crippen LogP contribution in [0, 0.1) is 12.7 Å². The molecule has 0 unspecified atom stereocenters. The highest BCUT2D eigenvalue weighted by molar-refractivity contribution is 6.08. The third-order valence-corrected chi connectivity index (χ3v) is 3.45. The standard InChI is InChI=1S/C16H19FO/c1-12-9-10-14(15(17)11-12)16(18)13-7-5-3-2-4-6-8-13/h7,9-11H,2-6,8H2,1H3/b13-7+. The maximum Gasteiger partial charge on any atom is 0.191 e. The summed E-state index contributed by atoms with van der Waals surface area (Å²) in [5.41, 5.74) is 1.85. The van der Waals surface area contributed by atoms with Crippen molar-refractivity contribution in [2.75, 3.05) is 0 Å². The van der Waals surface area contributed by atoms with E-state index in [1.54, 1.807) is 12.1 Å². The van der Waals surface area contributed by atoms with Crippen molar-refractivity contribution >= 4 is 5.78 Å². The molecule has 0 aromatic heterocycles. The molecule has 0 radical (unpaired) electrons. The Kier molecular flexibility index (Phi) is 4.29. The summed E-state index contributed by atoms with van der Waals surface area (Å²) >= 11 is 0. The van der Waals surface area contributed by atoms with E-state index in [1.807, 2.05) is 13.0 Å². The molecule has 1 aliphatic carbocycles. The van der Waals surface area contributed by atoms with E-state index in [-0.39, 0.29) is 11.3 Å². The van der Waals surface area contributed by atoms with Gasteiger partial charge in [-0.05, 0) is 55.9 Å². The van der Waals surface area contributed by atoms with Crippen molar-refractivity contribution in [3.63, 3.8) is 0 Å². The minimum Gasteiger partial charge on any atom is -0.289 e. The molecule has 0 atom stereocenters. The monoisotopic (exact) mass is 246 g/mol. The molecule has 0 fully saturated rings. The minimum atomic E-state index is -0.400. The Morgan fingerprint density at radius 1 is 1.17 bits per heavy atom. The molecule has 96 valence electrons. The van der Waals surface area contributed by atoms with Gasteiger partial charge in [-0.25, -0.2) is 4.39 Å². The normalized spacial score (nSPS) is 19.6. The first kappa shape index (κ1) is 13.0. The van der Waals surface area contributed by atoms with Gasteiger partial charge < -0.3 is 0 Å². The molecule has 0 bridgehead atoms. The van der Waals surface area contributed by atoms with Crippen molar-refractivity contribution < 1.29 is 9.18 Å². The van der Waals surface area contributed by atoms with Gasteiger partial charge >= 0.3 is 0 Å². The van der Waals surface area contributed by atoms with Gasteiger partial charge in [0.15, 0.2) is 5.78 Å². The van der Waals surface area contributed by atoms with Crippen molar-refractivity contribution in [2.24, 2.45) is 0 Å². The maximum absolute atomic E-state index is 13.8. The molecule has 1 aromatic rings. The molecule has 0 spiro atoms. The van der Waals surface area contributed by atoms with Crippen molar-refractivity contribution in [1.82, 2.24) is 0 Å². The van der Waals surface area contributed by atoms with Crippen LogP contribution < -0.4 is 0 Å². The molecule has 1 nitrogen and oxygen atoms in total. The molecule has 0 amide bonds. The molecule has 1 aromatic carbocycles. The lowest BCUT2D eigenvalue weighted by Crippen LogP contribution is -2.07. The van der Waals surface area contributed by atoms with Crippen molar-refractivity contribution in [3.8, 4) is 0 Å². The number of carbonyl (C=O) groups is 1. The number of ketones is 1. The van der Waals surface area contributed by atoms with Crippen LogP contribution in [0.4, 0.5) is 4.39 Å².